The molecule has 0 radical (unpaired) electrons. The van der Waals surface area contributed by atoms with Gasteiger partial charge >= 0.3 is 0 Å². The zero-order chi connectivity index (χ0) is 19.6. The van der Waals surface area contributed by atoms with Crippen molar-refractivity contribution in [3.63, 3.8) is 0 Å². The molecule has 0 fully saturated rings. The number of aryl methyl sites for hydroxylation is 1. The maximum atomic E-state index is 13.8. The van der Waals surface area contributed by atoms with Crippen LogP contribution in [0.5, 0.6) is 0 Å². The Morgan fingerprint density at radius 2 is 1.96 bits per heavy atom. The minimum atomic E-state index is -0.900. The van der Waals surface area contributed by atoms with Gasteiger partial charge in [0.1, 0.15) is 16.7 Å². The normalized spacial score (nSPS) is 16.6. The number of carbonyl (C=O) groups is 1. The Bertz CT molecular complexity index is 1050. The maximum Gasteiger partial charge on any atom is 0.257 e. The first-order chi connectivity index (χ1) is 12.9. The minimum Gasteiger partial charge on any atom is -0.322 e. The monoisotopic (exact) mass is 377 g/mol. The Morgan fingerprint density at radius 3 is 2.63 bits per heavy atom. The average Bonchev–Trinajstić information content (AvgIpc) is 2.63. The molecule has 0 saturated carbocycles. The lowest BCUT2D eigenvalue weighted by molar-refractivity contribution is -0.112. The standard InChI is InChI=1S/C21H16FN3OS/c1-12-6-3-4-9-17(12)25-20(26)18-13(2)24-21(27)16(11-23)19(18)14-7-5-8-15(22)10-14/h3-10,16H,1-2H3,(H,25,26). The van der Waals surface area contributed by atoms with E-state index in [2.05, 4.69) is 16.4 Å². The number of halogens is 1. The van der Waals surface area contributed by atoms with Crippen molar-refractivity contribution in [1.29, 1.82) is 5.26 Å². The highest BCUT2D eigenvalue weighted by Gasteiger charge is 2.32. The number of rotatable bonds is 3. The molecule has 0 saturated heterocycles. The van der Waals surface area contributed by atoms with Crippen LogP contribution in [0.15, 0.2) is 59.1 Å². The molecule has 1 heterocycles. The fourth-order valence-electron chi connectivity index (χ4n) is 3.02. The van der Waals surface area contributed by atoms with Crippen molar-refractivity contribution in [1.82, 2.24) is 0 Å². The number of hydrogen-bond donors (Lipinski definition) is 1. The summed E-state index contributed by atoms with van der Waals surface area (Å²) in [4.78, 5) is 17.5. The van der Waals surface area contributed by atoms with E-state index in [1.165, 1.54) is 18.2 Å². The van der Waals surface area contributed by atoms with Gasteiger partial charge in [0, 0.05) is 5.69 Å². The largest absolute Gasteiger partial charge is 0.322 e. The van der Waals surface area contributed by atoms with E-state index in [-0.39, 0.29) is 10.6 Å². The van der Waals surface area contributed by atoms with Gasteiger partial charge in [0.05, 0.1) is 17.4 Å². The van der Waals surface area contributed by atoms with Crippen molar-refractivity contribution in [2.24, 2.45) is 10.9 Å². The molecular formula is C21H16FN3OS. The molecule has 2 aromatic rings. The van der Waals surface area contributed by atoms with Gasteiger partial charge in [-0.05, 0) is 48.7 Å². The SMILES string of the molecule is CC1=NC(=S)C(C#N)C(c2cccc(F)c2)=C1C(=O)Nc1ccccc1C. The Morgan fingerprint density at radius 1 is 1.22 bits per heavy atom. The van der Waals surface area contributed by atoms with Gasteiger partial charge in [-0.15, -0.1) is 0 Å². The van der Waals surface area contributed by atoms with Crippen LogP contribution in [0.25, 0.3) is 5.57 Å². The molecule has 0 bridgehead atoms. The highest BCUT2D eigenvalue weighted by atomic mass is 32.1. The summed E-state index contributed by atoms with van der Waals surface area (Å²) in [6.45, 7) is 3.54. The molecule has 0 aromatic heterocycles. The van der Waals surface area contributed by atoms with E-state index in [9.17, 15) is 14.4 Å². The molecule has 2 aromatic carbocycles. The lowest BCUT2D eigenvalue weighted by Gasteiger charge is -2.23. The topological polar surface area (TPSA) is 65.2 Å². The van der Waals surface area contributed by atoms with Gasteiger partial charge in [0.25, 0.3) is 5.91 Å². The molecule has 1 N–H and O–H groups in total. The zero-order valence-corrected chi connectivity index (χ0v) is 15.6. The summed E-state index contributed by atoms with van der Waals surface area (Å²) in [7, 11) is 0. The minimum absolute atomic E-state index is 0.168. The van der Waals surface area contributed by atoms with Crippen LogP contribution in [0, 0.1) is 30.0 Å². The molecule has 1 amide bonds. The van der Waals surface area contributed by atoms with E-state index in [1.54, 1.807) is 19.1 Å². The van der Waals surface area contributed by atoms with Crippen LogP contribution in [-0.4, -0.2) is 16.6 Å². The molecule has 1 aliphatic rings. The number of hydrogen-bond acceptors (Lipinski definition) is 3. The number of anilines is 1. The van der Waals surface area contributed by atoms with Gasteiger partial charge in [-0.25, -0.2) is 9.38 Å². The number of nitrogens with zero attached hydrogens (tertiary/aromatic N) is 2. The molecular weight excluding hydrogens is 361 g/mol. The summed E-state index contributed by atoms with van der Waals surface area (Å²) in [6.07, 6.45) is 0. The van der Waals surface area contributed by atoms with Crippen LogP contribution in [0.2, 0.25) is 0 Å². The number of amides is 1. The van der Waals surface area contributed by atoms with Crippen molar-refractivity contribution >= 4 is 40.1 Å². The third kappa shape index (κ3) is 3.69. The van der Waals surface area contributed by atoms with Crippen molar-refractivity contribution in [2.45, 2.75) is 13.8 Å². The van der Waals surface area contributed by atoms with E-state index < -0.39 is 17.6 Å². The van der Waals surface area contributed by atoms with Gasteiger partial charge < -0.3 is 5.32 Å². The number of aliphatic imine (C=N–C) groups is 1. The highest BCUT2D eigenvalue weighted by Crippen LogP contribution is 2.34. The van der Waals surface area contributed by atoms with Gasteiger partial charge in [-0.1, -0.05) is 42.5 Å². The van der Waals surface area contributed by atoms with Crippen molar-refractivity contribution in [3.05, 3.63) is 71.0 Å². The molecule has 0 aliphatic carbocycles. The summed E-state index contributed by atoms with van der Waals surface area (Å²) in [5, 5.41) is 12.5. The molecule has 4 nitrogen and oxygen atoms in total. The molecule has 1 unspecified atom stereocenters. The van der Waals surface area contributed by atoms with Crippen LogP contribution >= 0.6 is 12.2 Å². The van der Waals surface area contributed by atoms with Gasteiger partial charge in [0.15, 0.2) is 0 Å². The molecule has 1 atom stereocenters. The van der Waals surface area contributed by atoms with Crippen LogP contribution < -0.4 is 5.32 Å². The van der Waals surface area contributed by atoms with Gasteiger partial charge in [0.2, 0.25) is 0 Å². The molecule has 3 rings (SSSR count). The number of para-hydroxylation sites is 1. The number of benzene rings is 2. The third-order valence-corrected chi connectivity index (χ3v) is 4.66. The molecule has 6 heteroatoms. The number of carbonyl (C=O) groups excluding carboxylic acids is 1. The molecule has 134 valence electrons. The Kier molecular flexibility index (Phi) is 5.24. The molecule has 1 aliphatic heterocycles. The van der Waals surface area contributed by atoms with Crippen LogP contribution in [0.4, 0.5) is 10.1 Å². The summed E-state index contributed by atoms with van der Waals surface area (Å²) < 4.78 is 13.8. The average molecular weight is 377 g/mol. The van der Waals surface area contributed by atoms with Crippen molar-refractivity contribution < 1.29 is 9.18 Å². The van der Waals surface area contributed by atoms with Crippen LogP contribution in [-0.2, 0) is 4.79 Å². The third-order valence-electron chi connectivity index (χ3n) is 4.33. The fraction of sp³-hybridized carbons (Fsp3) is 0.143. The predicted molar refractivity (Wildman–Crippen MR) is 108 cm³/mol. The van der Waals surface area contributed by atoms with E-state index >= 15 is 0 Å². The first kappa shape index (κ1) is 18.6. The van der Waals surface area contributed by atoms with E-state index in [4.69, 9.17) is 12.2 Å². The van der Waals surface area contributed by atoms with E-state index in [1.807, 2.05) is 25.1 Å². The smallest absolute Gasteiger partial charge is 0.257 e. The summed E-state index contributed by atoms with van der Waals surface area (Å²) in [6, 6.07) is 15.3. The predicted octanol–water partition coefficient (Wildman–Crippen LogP) is 4.47. The second-order valence-corrected chi connectivity index (χ2v) is 6.58. The quantitative estimate of drug-likeness (QED) is 0.803. The first-order valence-electron chi connectivity index (χ1n) is 8.28. The molecule has 27 heavy (non-hydrogen) atoms. The number of dihydropyridines is 1. The Balaban J connectivity index is 2.16. The lowest BCUT2D eigenvalue weighted by Crippen LogP contribution is -2.29. The Labute approximate surface area is 162 Å². The number of thiocarbonyl (C=S) groups is 1. The lowest BCUT2D eigenvalue weighted by atomic mass is 9.84. The summed E-state index contributed by atoms with van der Waals surface area (Å²) in [5.41, 5.74) is 3.01. The second-order valence-electron chi connectivity index (χ2n) is 6.17. The Hall–Kier alpha value is -3.17. The maximum absolute atomic E-state index is 13.8. The highest BCUT2D eigenvalue weighted by molar-refractivity contribution is 7.80. The first-order valence-corrected chi connectivity index (χ1v) is 8.69. The number of nitrogens with one attached hydrogen (secondary N) is 1. The van der Waals surface area contributed by atoms with Crippen LogP contribution in [0.3, 0.4) is 0 Å². The molecule has 0 spiro atoms. The number of nitriles is 1. The zero-order valence-electron chi connectivity index (χ0n) is 14.8. The summed E-state index contributed by atoms with van der Waals surface area (Å²) >= 11 is 5.23. The van der Waals surface area contributed by atoms with Crippen molar-refractivity contribution in [3.8, 4) is 6.07 Å². The summed E-state index contributed by atoms with van der Waals surface area (Å²) in [5.74, 6) is -1.77. The van der Waals surface area contributed by atoms with Crippen LogP contribution in [0.1, 0.15) is 18.1 Å². The van der Waals surface area contributed by atoms with E-state index in [0.717, 1.165) is 5.56 Å². The van der Waals surface area contributed by atoms with Crippen molar-refractivity contribution in [2.75, 3.05) is 5.32 Å². The second kappa shape index (κ2) is 7.60. The van der Waals surface area contributed by atoms with E-state index in [0.29, 0.717) is 22.5 Å². The van der Waals surface area contributed by atoms with Gasteiger partial charge in [-0.2, -0.15) is 5.26 Å². The fourth-order valence-corrected chi connectivity index (χ4v) is 3.33. The van der Waals surface area contributed by atoms with Gasteiger partial charge in [-0.3, -0.25) is 4.79 Å².